The van der Waals surface area contributed by atoms with Gasteiger partial charge in [0.2, 0.25) is 5.91 Å². The maximum Gasteiger partial charge on any atom is 0.272 e. The molecule has 1 aliphatic heterocycles. The van der Waals surface area contributed by atoms with Gasteiger partial charge in [-0.1, -0.05) is 13.5 Å². The van der Waals surface area contributed by atoms with Gasteiger partial charge in [0, 0.05) is 18.7 Å². The maximum absolute atomic E-state index is 12.5. The van der Waals surface area contributed by atoms with Gasteiger partial charge < -0.3 is 5.32 Å². The van der Waals surface area contributed by atoms with Crippen molar-refractivity contribution in [2.24, 2.45) is 0 Å². The largest absolute Gasteiger partial charge is 0.352 e. The van der Waals surface area contributed by atoms with Gasteiger partial charge in [-0.05, 0) is 6.42 Å². The van der Waals surface area contributed by atoms with Gasteiger partial charge in [-0.15, -0.1) is 0 Å². The van der Waals surface area contributed by atoms with Crippen molar-refractivity contribution in [3.63, 3.8) is 0 Å². The van der Waals surface area contributed by atoms with E-state index in [1.54, 1.807) is 0 Å². The van der Waals surface area contributed by atoms with Gasteiger partial charge in [0.1, 0.15) is 0 Å². The highest BCUT2D eigenvalue weighted by Crippen LogP contribution is 2.26. The summed E-state index contributed by atoms with van der Waals surface area (Å²) in [5.41, 5.74) is 0.346. The number of amides is 1. The van der Waals surface area contributed by atoms with Crippen molar-refractivity contribution < 1.29 is 13.6 Å². The minimum Gasteiger partial charge on any atom is -0.352 e. The van der Waals surface area contributed by atoms with Crippen LogP contribution in [0.5, 0.6) is 0 Å². The van der Waals surface area contributed by atoms with Gasteiger partial charge in [-0.2, -0.15) is 0 Å². The van der Waals surface area contributed by atoms with Crippen LogP contribution < -0.4 is 5.32 Å². The zero-order valence-corrected chi connectivity index (χ0v) is 8.85. The Morgan fingerprint density at radius 3 is 2.60 bits per heavy atom. The molecular formula is C10H16F2N2O. The second-order valence-electron chi connectivity index (χ2n) is 3.86. The minimum atomic E-state index is -2.58. The monoisotopic (exact) mass is 218 g/mol. The van der Waals surface area contributed by atoms with Crippen molar-refractivity contribution in [1.82, 2.24) is 10.2 Å². The lowest BCUT2D eigenvalue weighted by molar-refractivity contribution is -0.130. The van der Waals surface area contributed by atoms with Crippen LogP contribution in [-0.2, 0) is 4.79 Å². The van der Waals surface area contributed by atoms with E-state index in [4.69, 9.17) is 0 Å². The van der Waals surface area contributed by atoms with Gasteiger partial charge in [0.15, 0.2) is 0 Å². The van der Waals surface area contributed by atoms with Crippen LogP contribution in [-0.4, -0.2) is 42.9 Å². The third-order valence-electron chi connectivity index (χ3n) is 2.18. The number of nitrogens with one attached hydrogen (secondary N) is 1. The molecule has 0 aliphatic carbocycles. The molecule has 0 radical (unpaired) electrons. The molecule has 0 bridgehead atoms. The van der Waals surface area contributed by atoms with Gasteiger partial charge >= 0.3 is 0 Å². The van der Waals surface area contributed by atoms with Crippen LogP contribution in [0.15, 0.2) is 12.2 Å². The Balaban J connectivity index is 2.22. The van der Waals surface area contributed by atoms with Crippen molar-refractivity contribution in [3.8, 4) is 0 Å². The zero-order chi connectivity index (χ0) is 11.5. The molecule has 1 amide bonds. The summed E-state index contributed by atoms with van der Waals surface area (Å²) in [5.74, 6) is -2.83. The average molecular weight is 218 g/mol. The number of hydrogen-bond donors (Lipinski definition) is 1. The number of hydrogen-bond acceptors (Lipinski definition) is 2. The number of nitrogens with zero attached hydrogens (tertiary/aromatic N) is 1. The highest BCUT2D eigenvalue weighted by atomic mass is 19.3. The molecule has 0 atom stereocenters. The fraction of sp³-hybridized carbons (Fsp3) is 0.700. The molecule has 0 spiro atoms. The molecule has 0 saturated carbocycles. The van der Waals surface area contributed by atoms with E-state index in [1.165, 1.54) is 4.90 Å². The summed E-state index contributed by atoms with van der Waals surface area (Å²) in [4.78, 5) is 12.8. The Morgan fingerprint density at radius 2 is 2.13 bits per heavy atom. The predicted octanol–water partition coefficient (Wildman–Crippen LogP) is 1.02. The molecule has 1 N–H and O–H groups in total. The molecule has 0 aromatic heterocycles. The molecule has 1 saturated heterocycles. The summed E-state index contributed by atoms with van der Waals surface area (Å²) in [6.07, 6.45) is 0.848. The molecule has 3 nitrogen and oxygen atoms in total. The lowest BCUT2D eigenvalue weighted by Gasteiger charge is -2.38. The van der Waals surface area contributed by atoms with Crippen LogP contribution in [0.2, 0.25) is 0 Å². The smallest absolute Gasteiger partial charge is 0.272 e. The minimum absolute atomic E-state index is 0.227. The topological polar surface area (TPSA) is 32.3 Å². The Hall–Kier alpha value is -0.970. The van der Waals surface area contributed by atoms with Crippen LogP contribution in [0.1, 0.15) is 13.3 Å². The highest BCUT2D eigenvalue weighted by molar-refractivity contribution is 5.93. The zero-order valence-electron chi connectivity index (χ0n) is 8.85. The first-order valence-corrected chi connectivity index (χ1v) is 5.01. The Bertz CT molecular complexity index is 258. The van der Waals surface area contributed by atoms with Crippen molar-refractivity contribution in [3.05, 3.63) is 12.2 Å². The van der Waals surface area contributed by atoms with E-state index in [1.807, 2.05) is 6.92 Å². The summed E-state index contributed by atoms with van der Waals surface area (Å²) in [7, 11) is 0. The Morgan fingerprint density at radius 1 is 1.53 bits per heavy atom. The van der Waals surface area contributed by atoms with E-state index in [0.29, 0.717) is 12.1 Å². The fourth-order valence-electron chi connectivity index (χ4n) is 1.43. The van der Waals surface area contributed by atoms with E-state index in [-0.39, 0.29) is 25.5 Å². The van der Waals surface area contributed by atoms with Crippen LogP contribution in [0, 0.1) is 0 Å². The molecule has 1 heterocycles. The molecule has 86 valence electrons. The average Bonchev–Trinajstić information content (AvgIpc) is 2.11. The molecule has 0 aromatic carbocycles. The number of alkyl halides is 2. The summed E-state index contributed by atoms with van der Waals surface area (Å²) in [6, 6.07) is 0. The summed E-state index contributed by atoms with van der Waals surface area (Å²) >= 11 is 0. The third-order valence-corrected chi connectivity index (χ3v) is 2.18. The van der Waals surface area contributed by atoms with Gasteiger partial charge in [-0.25, -0.2) is 8.78 Å². The first kappa shape index (κ1) is 12.1. The summed E-state index contributed by atoms with van der Waals surface area (Å²) < 4.78 is 24.9. The van der Waals surface area contributed by atoms with Crippen molar-refractivity contribution in [1.29, 1.82) is 0 Å². The van der Waals surface area contributed by atoms with E-state index < -0.39 is 5.92 Å². The van der Waals surface area contributed by atoms with Gasteiger partial charge in [0.25, 0.3) is 5.92 Å². The summed E-state index contributed by atoms with van der Waals surface area (Å²) in [5, 5.41) is 2.65. The number of rotatable bonds is 5. The number of carbonyl (C=O) groups is 1. The molecule has 0 unspecified atom stereocenters. The van der Waals surface area contributed by atoms with Gasteiger partial charge in [0.05, 0.1) is 13.1 Å². The van der Waals surface area contributed by atoms with E-state index >= 15 is 0 Å². The van der Waals surface area contributed by atoms with Crippen LogP contribution in [0.25, 0.3) is 0 Å². The standard InChI is InChI=1S/C10H16F2N2O/c1-3-4-13-9(15)8(2)5-14-6-10(11,12)7-14/h2-7H2,1H3,(H,13,15). The Kier molecular flexibility index (Phi) is 3.79. The van der Waals surface area contributed by atoms with Crippen molar-refractivity contribution >= 4 is 5.91 Å². The quantitative estimate of drug-likeness (QED) is 0.699. The number of likely N-dealkylation sites (tertiary alicyclic amines) is 1. The van der Waals surface area contributed by atoms with Crippen LogP contribution in [0.4, 0.5) is 8.78 Å². The highest BCUT2D eigenvalue weighted by Gasteiger charge is 2.43. The molecule has 15 heavy (non-hydrogen) atoms. The summed E-state index contributed by atoms with van der Waals surface area (Å²) in [6.45, 7) is 5.80. The molecule has 0 aromatic rings. The third kappa shape index (κ3) is 3.58. The lowest BCUT2D eigenvalue weighted by Crippen LogP contribution is -2.57. The molecule has 1 fully saturated rings. The first-order valence-electron chi connectivity index (χ1n) is 5.01. The number of carbonyl (C=O) groups excluding carboxylic acids is 1. The number of halogens is 2. The normalized spacial score (nSPS) is 19.4. The second kappa shape index (κ2) is 4.70. The van der Waals surface area contributed by atoms with Crippen molar-refractivity contribution in [2.45, 2.75) is 19.3 Å². The predicted molar refractivity (Wildman–Crippen MR) is 53.8 cm³/mol. The second-order valence-corrected chi connectivity index (χ2v) is 3.86. The lowest BCUT2D eigenvalue weighted by atomic mass is 10.1. The van der Waals surface area contributed by atoms with E-state index in [0.717, 1.165) is 6.42 Å². The van der Waals surface area contributed by atoms with Crippen LogP contribution >= 0.6 is 0 Å². The molecule has 5 heteroatoms. The fourth-order valence-corrected chi connectivity index (χ4v) is 1.43. The van der Waals surface area contributed by atoms with Crippen molar-refractivity contribution in [2.75, 3.05) is 26.2 Å². The first-order chi connectivity index (χ1) is 6.94. The van der Waals surface area contributed by atoms with Crippen LogP contribution in [0.3, 0.4) is 0 Å². The van der Waals surface area contributed by atoms with Gasteiger partial charge in [-0.3, -0.25) is 9.69 Å². The molecular weight excluding hydrogens is 202 g/mol. The Labute approximate surface area is 88.1 Å². The van der Waals surface area contributed by atoms with E-state index in [2.05, 4.69) is 11.9 Å². The molecule has 1 rings (SSSR count). The van der Waals surface area contributed by atoms with E-state index in [9.17, 15) is 13.6 Å². The molecule has 1 aliphatic rings. The SMILES string of the molecule is C=C(CN1CC(F)(F)C1)C(=O)NCCC. The maximum atomic E-state index is 12.5.